The maximum absolute atomic E-state index is 13.4. The highest BCUT2D eigenvalue weighted by Crippen LogP contribution is 2.38. The summed E-state index contributed by atoms with van der Waals surface area (Å²) in [4.78, 5) is 13.4. The van der Waals surface area contributed by atoms with E-state index in [4.69, 9.17) is 0 Å². The molecular weight excluding hydrogens is 418 g/mol. The maximum atomic E-state index is 13.4. The lowest BCUT2D eigenvalue weighted by atomic mass is 10.0. The standard InChI is InChI=1S/C25H23N5OS/c1-2-17-13-15-20(16-14-17)26-24(31)22-21(18-9-5-3-6-10-18)29-30-23(27-28-25(30)32-22)19-11-7-4-8-12-19/h3-16,21-22,29H,2H2,1H3,(H,26,31)/t21-,22+/m0/s1. The zero-order valence-corrected chi connectivity index (χ0v) is 18.4. The second-order valence-electron chi connectivity index (χ2n) is 7.60. The van der Waals surface area contributed by atoms with Gasteiger partial charge in [0.05, 0.1) is 6.04 Å². The van der Waals surface area contributed by atoms with Crippen molar-refractivity contribution in [3.05, 3.63) is 96.1 Å². The van der Waals surface area contributed by atoms with Gasteiger partial charge in [-0.2, -0.15) is 0 Å². The third-order valence-electron chi connectivity index (χ3n) is 5.52. The number of hydrogen-bond acceptors (Lipinski definition) is 5. The van der Waals surface area contributed by atoms with Crippen molar-refractivity contribution in [1.82, 2.24) is 14.9 Å². The molecule has 0 saturated heterocycles. The number of thioether (sulfide) groups is 1. The molecule has 0 unspecified atom stereocenters. The van der Waals surface area contributed by atoms with Gasteiger partial charge in [0.15, 0.2) is 5.82 Å². The Morgan fingerprint density at radius 2 is 1.66 bits per heavy atom. The fourth-order valence-electron chi connectivity index (χ4n) is 3.78. The van der Waals surface area contributed by atoms with Crippen LogP contribution in [0.2, 0.25) is 0 Å². The van der Waals surface area contributed by atoms with Crippen LogP contribution >= 0.6 is 11.8 Å². The topological polar surface area (TPSA) is 71.8 Å². The Bertz CT molecular complexity index is 1210. The zero-order valence-electron chi connectivity index (χ0n) is 17.6. The molecule has 0 saturated carbocycles. The Kier molecular flexibility index (Phi) is 5.64. The van der Waals surface area contributed by atoms with E-state index >= 15 is 0 Å². The molecule has 1 aromatic heterocycles. The molecular formula is C25H23N5OS. The lowest BCUT2D eigenvalue weighted by Crippen LogP contribution is -2.41. The van der Waals surface area contributed by atoms with E-state index in [1.54, 1.807) is 0 Å². The summed E-state index contributed by atoms with van der Waals surface area (Å²) in [5.41, 5.74) is 7.52. The minimum absolute atomic E-state index is 0.0730. The maximum Gasteiger partial charge on any atom is 0.240 e. The number of carbonyl (C=O) groups is 1. The number of aromatic nitrogens is 3. The molecule has 4 aromatic rings. The van der Waals surface area contributed by atoms with Gasteiger partial charge in [-0.3, -0.25) is 4.79 Å². The molecule has 2 atom stereocenters. The van der Waals surface area contributed by atoms with Crippen molar-refractivity contribution >= 4 is 23.4 Å². The summed E-state index contributed by atoms with van der Waals surface area (Å²) in [6, 6.07) is 27.7. The molecule has 160 valence electrons. The van der Waals surface area contributed by atoms with E-state index in [0.717, 1.165) is 29.1 Å². The highest BCUT2D eigenvalue weighted by molar-refractivity contribution is 8.00. The van der Waals surface area contributed by atoms with Gasteiger partial charge in [0, 0.05) is 11.3 Å². The number of nitrogens with zero attached hydrogens (tertiary/aromatic N) is 3. The van der Waals surface area contributed by atoms with Crippen molar-refractivity contribution < 1.29 is 4.79 Å². The first kappa shape index (κ1) is 20.3. The SMILES string of the molecule is CCc1ccc(NC(=O)[C@@H]2Sc3nnc(-c4ccccc4)n3N[C@H]2c2ccccc2)cc1. The van der Waals surface area contributed by atoms with Gasteiger partial charge in [0.1, 0.15) is 5.25 Å². The molecule has 5 rings (SSSR count). The van der Waals surface area contributed by atoms with Gasteiger partial charge in [-0.05, 0) is 29.7 Å². The summed E-state index contributed by atoms with van der Waals surface area (Å²) in [6.07, 6.45) is 0.964. The Hall–Kier alpha value is -3.58. The number of rotatable bonds is 5. The smallest absolute Gasteiger partial charge is 0.240 e. The van der Waals surface area contributed by atoms with Crippen molar-refractivity contribution in [3.63, 3.8) is 0 Å². The molecule has 7 heteroatoms. The molecule has 3 aromatic carbocycles. The third kappa shape index (κ3) is 3.99. The van der Waals surface area contributed by atoms with E-state index in [0.29, 0.717) is 5.16 Å². The van der Waals surface area contributed by atoms with Crippen LogP contribution in [-0.4, -0.2) is 26.0 Å². The van der Waals surface area contributed by atoms with Crippen LogP contribution in [0.3, 0.4) is 0 Å². The quantitative estimate of drug-likeness (QED) is 0.461. The first-order valence-electron chi connectivity index (χ1n) is 10.6. The number of aryl methyl sites for hydroxylation is 1. The predicted molar refractivity (Wildman–Crippen MR) is 128 cm³/mol. The van der Waals surface area contributed by atoms with E-state index in [9.17, 15) is 4.79 Å². The van der Waals surface area contributed by atoms with Crippen molar-refractivity contribution in [1.29, 1.82) is 0 Å². The predicted octanol–water partition coefficient (Wildman–Crippen LogP) is 4.91. The molecule has 0 aliphatic carbocycles. The Labute approximate surface area is 191 Å². The lowest BCUT2D eigenvalue weighted by molar-refractivity contribution is -0.116. The monoisotopic (exact) mass is 441 g/mol. The molecule has 32 heavy (non-hydrogen) atoms. The van der Waals surface area contributed by atoms with Gasteiger partial charge < -0.3 is 10.7 Å². The Morgan fingerprint density at radius 1 is 0.969 bits per heavy atom. The largest absolute Gasteiger partial charge is 0.325 e. The number of nitrogens with one attached hydrogen (secondary N) is 2. The summed E-state index contributed by atoms with van der Waals surface area (Å²) >= 11 is 1.43. The van der Waals surface area contributed by atoms with Gasteiger partial charge in [-0.15, -0.1) is 10.2 Å². The average Bonchev–Trinajstić information content (AvgIpc) is 3.28. The van der Waals surface area contributed by atoms with Crippen LogP contribution in [0, 0.1) is 0 Å². The van der Waals surface area contributed by atoms with Crippen molar-refractivity contribution in [2.24, 2.45) is 0 Å². The summed E-state index contributed by atoms with van der Waals surface area (Å²) < 4.78 is 1.89. The average molecular weight is 442 g/mol. The van der Waals surface area contributed by atoms with Gasteiger partial charge >= 0.3 is 0 Å². The first-order chi connectivity index (χ1) is 15.7. The molecule has 2 N–H and O–H groups in total. The van der Waals surface area contributed by atoms with Crippen LogP contribution in [0.5, 0.6) is 0 Å². The minimum Gasteiger partial charge on any atom is -0.325 e. The summed E-state index contributed by atoms with van der Waals surface area (Å²) in [5, 5.41) is 12.1. The molecule has 1 amide bonds. The molecule has 0 fully saturated rings. The first-order valence-corrected chi connectivity index (χ1v) is 11.5. The number of fused-ring (bicyclic) bond motifs is 1. The minimum atomic E-state index is -0.413. The molecule has 1 aliphatic heterocycles. The Balaban J connectivity index is 1.47. The zero-order chi connectivity index (χ0) is 21.9. The van der Waals surface area contributed by atoms with Crippen LogP contribution in [-0.2, 0) is 11.2 Å². The van der Waals surface area contributed by atoms with E-state index in [1.165, 1.54) is 17.3 Å². The van der Waals surface area contributed by atoms with E-state index < -0.39 is 5.25 Å². The number of hydrogen-bond donors (Lipinski definition) is 2. The van der Waals surface area contributed by atoms with Crippen LogP contribution in [0.4, 0.5) is 5.69 Å². The summed E-state index contributed by atoms with van der Waals surface area (Å²) in [5.74, 6) is 0.652. The second kappa shape index (κ2) is 8.88. The van der Waals surface area contributed by atoms with Crippen LogP contribution < -0.4 is 10.7 Å². The normalized spacial score (nSPS) is 17.3. The van der Waals surface area contributed by atoms with Crippen molar-refractivity contribution in [2.45, 2.75) is 29.8 Å². The second-order valence-corrected chi connectivity index (χ2v) is 8.71. The number of carbonyl (C=O) groups excluding carboxylic acids is 1. The van der Waals surface area contributed by atoms with Crippen LogP contribution in [0.1, 0.15) is 24.1 Å². The number of amides is 1. The van der Waals surface area contributed by atoms with E-state index in [-0.39, 0.29) is 11.9 Å². The highest BCUT2D eigenvalue weighted by atomic mass is 32.2. The highest BCUT2D eigenvalue weighted by Gasteiger charge is 2.38. The number of anilines is 1. The molecule has 2 heterocycles. The van der Waals surface area contributed by atoms with E-state index in [1.807, 2.05) is 89.6 Å². The van der Waals surface area contributed by atoms with Crippen LogP contribution in [0.15, 0.2) is 90.1 Å². The molecule has 0 radical (unpaired) electrons. The summed E-state index contributed by atoms with van der Waals surface area (Å²) in [6.45, 7) is 2.11. The molecule has 0 spiro atoms. The van der Waals surface area contributed by atoms with Crippen molar-refractivity contribution in [2.75, 3.05) is 10.7 Å². The lowest BCUT2D eigenvalue weighted by Gasteiger charge is -2.33. The fourth-order valence-corrected chi connectivity index (χ4v) is 4.86. The Morgan fingerprint density at radius 3 is 2.34 bits per heavy atom. The van der Waals surface area contributed by atoms with Gasteiger partial charge in [-0.25, -0.2) is 4.68 Å². The molecule has 0 bridgehead atoms. The number of benzene rings is 3. The van der Waals surface area contributed by atoms with Gasteiger partial charge in [0.2, 0.25) is 11.1 Å². The van der Waals surface area contributed by atoms with Gasteiger partial charge in [0.25, 0.3) is 0 Å². The van der Waals surface area contributed by atoms with E-state index in [2.05, 4.69) is 27.9 Å². The fraction of sp³-hybridized carbons (Fsp3) is 0.160. The summed E-state index contributed by atoms with van der Waals surface area (Å²) in [7, 11) is 0. The molecule has 6 nitrogen and oxygen atoms in total. The van der Waals surface area contributed by atoms with Crippen molar-refractivity contribution in [3.8, 4) is 11.4 Å². The van der Waals surface area contributed by atoms with Gasteiger partial charge in [-0.1, -0.05) is 91.5 Å². The van der Waals surface area contributed by atoms with Crippen LogP contribution in [0.25, 0.3) is 11.4 Å². The molecule has 1 aliphatic rings. The third-order valence-corrected chi connectivity index (χ3v) is 6.73.